The van der Waals surface area contributed by atoms with Crippen LogP contribution < -0.4 is 0 Å². The van der Waals surface area contributed by atoms with E-state index < -0.39 is 10.0 Å². The molecule has 30 heavy (non-hydrogen) atoms. The molecule has 1 fully saturated rings. The average molecular weight is 428 g/mol. The molecule has 0 bridgehead atoms. The minimum Gasteiger partial charge on any atom is -0.466 e. The molecule has 0 spiro atoms. The standard InChI is InChI=1S/C22H25N3O4S/c1-3-29-22(26)17-8-11-25(12-9-17)30(27,28)19-6-4-5-18(14-19)20-15-24-10-7-16(2)13-21(24)23-20/h4-7,10,13-15,17H,3,8-9,11-12H2,1-2H3. The van der Waals surface area contributed by atoms with Gasteiger partial charge in [-0.3, -0.25) is 4.79 Å². The van der Waals surface area contributed by atoms with E-state index in [9.17, 15) is 13.2 Å². The SMILES string of the molecule is CCOC(=O)C1CCN(S(=O)(=O)c2cccc(-c3cn4ccc(C)cc4n3)c2)CC1. The van der Waals surface area contributed by atoms with Crippen molar-refractivity contribution in [3.05, 3.63) is 54.4 Å². The van der Waals surface area contributed by atoms with Gasteiger partial charge in [-0.1, -0.05) is 12.1 Å². The number of nitrogens with zero attached hydrogens (tertiary/aromatic N) is 3. The van der Waals surface area contributed by atoms with Crippen LogP contribution in [0.4, 0.5) is 0 Å². The molecule has 1 saturated heterocycles. The molecule has 0 atom stereocenters. The maximum atomic E-state index is 13.2. The lowest BCUT2D eigenvalue weighted by Crippen LogP contribution is -2.40. The van der Waals surface area contributed by atoms with Crippen molar-refractivity contribution in [1.29, 1.82) is 0 Å². The number of imidazole rings is 1. The lowest BCUT2D eigenvalue weighted by molar-refractivity contribution is -0.149. The van der Waals surface area contributed by atoms with E-state index in [4.69, 9.17) is 4.74 Å². The highest BCUT2D eigenvalue weighted by Crippen LogP contribution is 2.28. The Bertz CT molecular complexity index is 1180. The number of fused-ring (bicyclic) bond motifs is 1. The fourth-order valence-corrected chi connectivity index (χ4v) is 5.30. The summed E-state index contributed by atoms with van der Waals surface area (Å²) < 4.78 is 34.8. The summed E-state index contributed by atoms with van der Waals surface area (Å²) in [5.41, 5.74) is 3.40. The summed E-state index contributed by atoms with van der Waals surface area (Å²) in [6.07, 6.45) is 4.79. The second-order valence-corrected chi connectivity index (χ2v) is 9.49. The molecule has 3 aromatic rings. The Labute approximate surface area is 176 Å². The van der Waals surface area contributed by atoms with Crippen molar-refractivity contribution in [3.8, 4) is 11.3 Å². The summed E-state index contributed by atoms with van der Waals surface area (Å²) in [7, 11) is -3.64. The highest BCUT2D eigenvalue weighted by molar-refractivity contribution is 7.89. The van der Waals surface area contributed by atoms with Crippen molar-refractivity contribution in [2.24, 2.45) is 5.92 Å². The normalized spacial score (nSPS) is 16.1. The quantitative estimate of drug-likeness (QED) is 0.584. The molecule has 0 aliphatic carbocycles. The highest BCUT2D eigenvalue weighted by atomic mass is 32.2. The van der Waals surface area contributed by atoms with Crippen LogP contribution >= 0.6 is 0 Å². The van der Waals surface area contributed by atoms with E-state index in [0.717, 1.165) is 22.5 Å². The van der Waals surface area contributed by atoms with Gasteiger partial charge >= 0.3 is 5.97 Å². The number of sulfonamides is 1. The number of piperidine rings is 1. The molecule has 1 aliphatic rings. The summed E-state index contributed by atoms with van der Waals surface area (Å²) in [5.74, 6) is -0.470. The van der Waals surface area contributed by atoms with Gasteiger partial charge in [0.2, 0.25) is 10.0 Å². The Morgan fingerprint density at radius 1 is 1.20 bits per heavy atom. The first-order valence-electron chi connectivity index (χ1n) is 10.1. The Balaban J connectivity index is 1.56. The third-order valence-corrected chi connectivity index (χ3v) is 7.35. The maximum absolute atomic E-state index is 13.2. The fraction of sp³-hybridized carbons (Fsp3) is 0.364. The van der Waals surface area contributed by atoms with Crippen LogP contribution in [-0.4, -0.2) is 47.8 Å². The van der Waals surface area contributed by atoms with Crippen molar-refractivity contribution in [2.75, 3.05) is 19.7 Å². The minimum atomic E-state index is -3.64. The number of benzene rings is 1. The third-order valence-electron chi connectivity index (χ3n) is 5.46. The zero-order valence-electron chi connectivity index (χ0n) is 17.1. The molecule has 0 N–H and O–H groups in total. The zero-order valence-corrected chi connectivity index (χ0v) is 17.9. The predicted octanol–water partition coefficient (Wildman–Crippen LogP) is 3.27. The topological polar surface area (TPSA) is 81.0 Å². The first-order chi connectivity index (χ1) is 14.4. The van der Waals surface area contributed by atoms with E-state index in [1.165, 1.54) is 4.31 Å². The van der Waals surface area contributed by atoms with Crippen molar-refractivity contribution in [1.82, 2.24) is 13.7 Å². The van der Waals surface area contributed by atoms with Crippen molar-refractivity contribution in [3.63, 3.8) is 0 Å². The van der Waals surface area contributed by atoms with Gasteiger partial charge < -0.3 is 9.14 Å². The average Bonchev–Trinajstić information content (AvgIpc) is 3.17. The second-order valence-electron chi connectivity index (χ2n) is 7.55. The van der Waals surface area contributed by atoms with E-state index in [1.807, 2.05) is 41.9 Å². The molecular formula is C22H25N3O4S. The molecule has 4 rings (SSSR count). The van der Waals surface area contributed by atoms with Gasteiger partial charge in [0.15, 0.2) is 0 Å². The zero-order chi connectivity index (χ0) is 21.3. The van der Waals surface area contributed by atoms with Crippen molar-refractivity contribution >= 4 is 21.6 Å². The summed E-state index contributed by atoms with van der Waals surface area (Å²) in [6.45, 7) is 4.74. The molecule has 0 saturated carbocycles. The maximum Gasteiger partial charge on any atom is 0.309 e. The predicted molar refractivity (Wildman–Crippen MR) is 113 cm³/mol. The Hall–Kier alpha value is -2.71. The van der Waals surface area contributed by atoms with Crippen LogP contribution in [-0.2, 0) is 19.6 Å². The molecule has 1 aliphatic heterocycles. The van der Waals surface area contributed by atoms with Crippen LogP contribution in [0.15, 0.2) is 53.7 Å². The van der Waals surface area contributed by atoms with Gasteiger partial charge in [-0.15, -0.1) is 0 Å². The first kappa shape index (κ1) is 20.6. The molecule has 0 amide bonds. The number of carbonyl (C=O) groups excluding carboxylic acids is 1. The largest absolute Gasteiger partial charge is 0.466 e. The summed E-state index contributed by atoms with van der Waals surface area (Å²) in [6, 6.07) is 10.9. The van der Waals surface area contributed by atoms with Gasteiger partial charge in [-0.25, -0.2) is 13.4 Å². The van der Waals surface area contributed by atoms with Crippen LogP contribution in [0.25, 0.3) is 16.9 Å². The molecule has 158 valence electrons. The van der Waals surface area contributed by atoms with Crippen LogP contribution in [0.2, 0.25) is 0 Å². The Morgan fingerprint density at radius 3 is 2.70 bits per heavy atom. The molecule has 1 aromatic carbocycles. The smallest absolute Gasteiger partial charge is 0.309 e. The molecule has 2 aromatic heterocycles. The summed E-state index contributed by atoms with van der Waals surface area (Å²) in [4.78, 5) is 16.8. The molecular weight excluding hydrogens is 402 g/mol. The molecule has 0 unspecified atom stereocenters. The van der Waals surface area contributed by atoms with Crippen LogP contribution in [0.5, 0.6) is 0 Å². The van der Waals surface area contributed by atoms with E-state index in [0.29, 0.717) is 32.5 Å². The first-order valence-corrected chi connectivity index (χ1v) is 11.5. The lowest BCUT2D eigenvalue weighted by atomic mass is 9.98. The monoisotopic (exact) mass is 427 g/mol. The minimum absolute atomic E-state index is 0.232. The number of carbonyl (C=O) groups is 1. The summed E-state index contributed by atoms with van der Waals surface area (Å²) >= 11 is 0. The number of aromatic nitrogens is 2. The van der Waals surface area contributed by atoms with E-state index in [-0.39, 0.29) is 16.8 Å². The molecule has 3 heterocycles. The Kier molecular flexibility index (Phi) is 5.62. The van der Waals surface area contributed by atoms with E-state index in [2.05, 4.69) is 4.98 Å². The number of hydrogen-bond acceptors (Lipinski definition) is 5. The third kappa shape index (κ3) is 3.97. The number of rotatable bonds is 5. The van der Waals surface area contributed by atoms with Gasteiger partial charge in [0.1, 0.15) is 5.65 Å². The Morgan fingerprint density at radius 2 is 1.97 bits per heavy atom. The van der Waals surface area contributed by atoms with Gasteiger partial charge in [-0.05, 0) is 56.5 Å². The number of pyridine rings is 1. The lowest BCUT2D eigenvalue weighted by Gasteiger charge is -2.30. The van der Waals surface area contributed by atoms with Gasteiger partial charge in [0.05, 0.1) is 23.1 Å². The molecule has 0 radical (unpaired) electrons. The van der Waals surface area contributed by atoms with Crippen molar-refractivity contribution in [2.45, 2.75) is 31.6 Å². The second kappa shape index (κ2) is 8.20. The number of esters is 1. The van der Waals surface area contributed by atoms with Crippen LogP contribution in [0.3, 0.4) is 0 Å². The fourth-order valence-electron chi connectivity index (χ4n) is 3.78. The molecule has 7 nitrogen and oxygen atoms in total. The van der Waals surface area contributed by atoms with Crippen LogP contribution in [0, 0.1) is 12.8 Å². The number of hydrogen-bond donors (Lipinski definition) is 0. The van der Waals surface area contributed by atoms with Gasteiger partial charge in [-0.2, -0.15) is 4.31 Å². The van der Waals surface area contributed by atoms with Gasteiger partial charge in [0.25, 0.3) is 0 Å². The highest BCUT2D eigenvalue weighted by Gasteiger charge is 2.32. The number of aryl methyl sites for hydroxylation is 1. The van der Waals surface area contributed by atoms with Crippen molar-refractivity contribution < 1.29 is 17.9 Å². The van der Waals surface area contributed by atoms with E-state index >= 15 is 0 Å². The van der Waals surface area contributed by atoms with Crippen LogP contribution in [0.1, 0.15) is 25.3 Å². The number of ether oxygens (including phenoxy) is 1. The molecule has 8 heteroatoms. The van der Waals surface area contributed by atoms with Gasteiger partial charge in [0, 0.05) is 31.0 Å². The summed E-state index contributed by atoms with van der Waals surface area (Å²) in [5, 5.41) is 0. The van der Waals surface area contributed by atoms with E-state index in [1.54, 1.807) is 25.1 Å².